The van der Waals surface area contributed by atoms with Gasteiger partial charge in [-0.25, -0.2) is 0 Å². The van der Waals surface area contributed by atoms with Gasteiger partial charge in [0.2, 0.25) is 5.91 Å². The Morgan fingerprint density at radius 2 is 1.79 bits per heavy atom. The molecule has 0 radical (unpaired) electrons. The Balaban J connectivity index is 1.55. The molecule has 1 aliphatic carbocycles. The van der Waals surface area contributed by atoms with Crippen molar-refractivity contribution in [1.82, 2.24) is 14.8 Å². The summed E-state index contributed by atoms with van der Waals surface area (Å²) in [4.78, 5) is 14.6. The van der Waals surface area contributed by atoms with Gasteiger partial charge in [0.1, 0.15) is 5.82 Å². The lowest BCUT2D eigenvalue weighted by atomic mass is 10.3. The fourth-order valence-electron chi connectivity index (χ4n) is 3.09. The molecular formula is C22H22N4OS. The summed E-state index contributed by atoms with van der Waals surface area (Å²) in [6, 6.07) is 19.8. The van der Waals surface area contributed by atoms with E-state index in [0.717, 1.165) is 35.2 Å². The van der Waals surface area contributed by atoms with Crippen LogP contribution in [-0.4, -0.2) is 33.0 Å². The molecule has 0 N–H and O–H groups in total. The van der Waals surface area contributed by atoms with Crippen molar-refractivity contribution in [3.8, 4) is 5.69 Å². The summed E-state index contributed by atoms with van der Waals surface area (Å²) in [5.41, 5.74) is 1.91. The highest BCUT2D eigenvalue weighted by molar-refractivity contribution is 7.99. The van der Waals surface area contributed by atoms with E-state index in [9.17, 15) is 4.79 Å². The second-order valence-electron chi connectivity index (χ2n) is 6.70. The first-order chi connectivity index (χ1) is 13.8. The first-order valence-corrected chi connectivity index (χ1v) is 10.4. The van der Waals surface area contributed by atoms with E-state index in [1.165, 1.54) is 11.8 Å². The molecule has 1 heterocycles. The molecule has 0 bridgehead atoms. The van der Waals surface area contributed by atoms with Gasteiger partial charge in [-0.3, -0.25) is 9.36 Å². The topological polar surface area (TPSA) is 51.0 Å². The minimum Gasteiger partial charge on any atom is -0.308 e. The minimum atomic E-state index is 0.0201. The van der Waals surface area contributed by atoms with E-state index in [4.69, 9.17) is 0 Å². The van der Waals surface area contributed by atoms with Crippen LogP contribution in [-0.2, 0) is 4.79 Å². The highest BCUT2D eigenvalue weighted by Crippen LogP contribution is 2.41. The second-order valence-corrected chi connectivity index (χ2v) is 7.65. The summed E-state index contributed by atoms with van der Waals surface area (Å²) in [5.74, 6) is 1.77. The zero-order chi connectivity index (χ0) is 19.3. The highest BCUT2D eigenvalue weighted by atomic mass is 32.2. The molecule has 0 aliphatic heterocycles. The quantitative estimate of drug-likeness (QED) is 0.421. The molecule has 4 rings (SSSR count). The molecule has 142 valence electrons. The number of nitrogens with zero attached hydrogens (tertiary/aromatic N) is 4. The van der Waals surface area contributed by atoms with Gasteiger partial charge in [-0.05, 0) is 37.1 Å². The first kappa shape index (κ1) is 18.5. The SMILES string of the molecule is C=CCN(C(=O)CSc1nnc(C2CC2)n1-c1ccccc1)c1ccccc1. The van der Waals surface area contributed by atoms with E-state index in [1.807, 2.05) is 48.5 Å². The minimum absolute atomic E-state index is 0.0201. The molecule has 1 aromatic heterocycles. The third-order valence-corrected chi connectivity index (χ3v) is 5.53. The molecule has 6 heteroatoms. The summed E-state index contributed by atoms with van der Waals surface area (Å²) >= 11 is 1.43. The lowest BCUT2D eigenvalue weighted by Crippen LogP contribution is -2.32. The van der Waals surface area contributed by atoms with Gasteiger partial charge in [-0.1, -0.05) is 54.2 Å². The normalized spacial score (nSPS) is 13.3. The number of hydrogen-bond donors (Lipinski definition) is 0. The predicted octanol–water partition coefficient (Wildman–Crippen LogP) is 4.46. The van der Waals surface area contributed by atoms with Crippen LogP contribution >= 0.6 is 11.8 Å². The van der Waals surface area contributed by atoms with Crippen LogP contribution in [0.3, 0.4) is 0 Å². The van der Waals surface area contributed by atoms with Crippen molar-refractivity contribution in [1.29, 1.82) is 0 Å². The van der Waals surface area contributed by atoms with Crippen molar-refractivity contribution in [2.75, 3.05) is 17.2 Å². The summed E-state index contributed by atoms with van der Waals surface area (Å²) in [5, 5.41) is 9.57. The molecular weight excluding hydrogens is 368 g/mol. The Morgan fingerprint density at radius 1 is 1.11 bits per heavy atom. The van der Waals surface area contributed by atoms with E-state index in [1.54, 1.807) is 11.0 Å². The molecule has 0 saturated heterocycles. The van der Waals surface area contributed by atoms with Crippen molar-refractivity contribution >= 4 is 23.4 Å². The molecule has 5 nitrogen and oxygen atoms in total. The molecule has 1 saturated carbocycles. The monoisotopic (exact) mass is 390 g/mol. The third kappa shape index (κ3) is 4.02. The third-order valence-electron chi connectivity index (χ3n) is 4.62. The van der Waals surface area contributed by atoms with E-state index in [-0.39, 0.29) is 5.91 Å². The highest BCUT2D eigenvalue weighted by Gasteiger charge is 2.31. The van der Waals surface area contributed by atoms with Crippen LogP contribution in [0.5, 0.6) is 0 Å². The van der Waals surface area contributed by atoms with E-state index >= 15 is 0 Å². The van der Waals surface area contributed by atoms with Crippen LogP contribution in [0.15, 0.2) is 78.5 Å². The molecule has 1 amide bonds. The molecule has 28 heavy (non-hydrogen) atoms. The van der Waals surface area contributed by atoms with Crippen molar-refractivity contribution in [3.63, 3.8) is 0 Å². The molecule has 1 aliphatic rings. The first-order valence-electron chi connectivity index (χ1n) is 9.37. The number of thioether (sulfide) groups is 1. The molecule has 2 aromatic carbocycles. The number of hydrogen-bond acceptors (Lipinski definition) is 4. The maximum atomic E-state index is 12.9. The lowest BCUT2D eigenvalue weighted by Gasteiger charge is -2.21. The van der Waals surface area contributed by atoms with Gasteiger partial charge in [0, 0.05) is 23.8 Å². The predicted molar refractivity (Wildman–Crippen MR) is 113 cm³/mol. The smallest absolute Gasteiger partial charge is 0.237 e. The molecule has 0 unspecified atom stereocenters. The van der Waals surface area contributed by atoms with E-state index in [0.29, 0.717) is 18.2 Å². The number of para-hydroxylation sites is 2. The summed E-state index contributed by atoms with van der Waals surface area (Å²) < 4.78 is 2.09. The van der Waals surface area contributed by atoms with E-state index in [2.05, 4.69) is 33.5 Å². The van der Waals surface area contributed by atoms with Crippen molar-refractivity contribution in [3.05, 3.63) is 79.1 Å². The summed E-state index contributed by atoms with van der Waals surface area (Å²) in [7, 11) is 0. The molecule has 1 fully saturated rings. The van der Waals surface area contributed by atoms with Crippen LogP contribution in [0, 0.1) is 0 Å². The largest absolute Gasteiger partial charge is 0.308 e. The van der Waals surface area contributed by atoms with Crippen LogP contribution in [0.25, 0.3) is 5.69 Å². The maximum Gasteiger partial charge on any atom is 0.237 e. The second kappa shape index (κ2) is 8.44. The van der Waals surface area contributed by atoms with Crippen LogP contribution < -0.4 is 4.90 Å². The number of anilines is 1. The summed E-state index contributed by atoms with van der Waals surface area (Å²) in [6.07, 6.45) is 4.04. The van der Waals surface area contributed by atoms with Gasteiger partial charge in [-0.15, -0.1) is 16.8 Å². The van der Waals surface area contributed by atoms with Crippen LogP contribution in [0.1, 0.15) is 24.6 Å². The number of carbonyl (C=O) groups excluding carboxylic acids is 1. The fraction of sp³-hybridized carbons (Fsp3) is 0.227. The average molecular weight is 391 g/mol. The summed E-state index contributed by atoms with van der Waals surface area (Å²) in [6.45, 7) is 4.26. The van der Waals surface area contributed by atoms with Gasteiger partial charge < -0.3 is 4.90 Å². The van der Waals surface area contributed by atoms with Gasteiger partial charge in [0.15, 0.2) is 5.16 Å². The number of benzene rings is 2. The molecule has 3 aromatic rings. The lowest BCUT2D eigenvalue weighted by molar-refractivity contribution is -0.116. The Kier molecular flexibility index (Phi) is 5.58. The Labute approximate surface area is 169 Å². The molecule has 0 atom stereocenters. The van der Waals surface area contributed by atoms with Crippen molar-refractivity contribution in [2.45, 2.75) is 23.9 Å². The number of rotatable bonds is 8. The van der Waals surface area contributed by atoms with Crippen molar-refractivity contribution in [2.24, 2.45) is 0 Å². The zero-order valence-electron chi connectivity index (χ0n) is 15.6. The van der Waals surface area contributed by atoms with Gasteiger partial charge in [-0.2, -0.15) is 0 Å². The Morgan fingerprint density at radius 3 is 2.43 bits per heavy atom. The van der Waals surface area contributed by atoms with Crippen molar-refractivity contribution < 1.29 is 4.79 Å². The van der Waals surface area contributed by atoms with E-state index < -0.39 is 0 Å². The van der Waals surface area contributed by atoms with Gasteiger partial charge in [0.25, 0.3) is 0 Å². The molecule has 0 spiro atoms. The number of carbonyl (C=O) groups is 1. The standard InChI is InChI=1S/C22H22N4OS/c1-2-15-25(18-9-5-3-6-10-18)20(27)16-28-22-24-23-21(17-13-14-17)26(22)19-11-7-4-8-12-19/h2-12,17H,1,13-16H2. The Hall–Kier alpha value is -2.86. The number of amides is 1. The van der Waals surface area contributed by atoms with Crippen LogP contribution in [0.2, 0.25) is 0 Å². The van der Waals surface area contributed by atoms with Gasteiger partial charge >= 0.3 is 0 Å². The number of aromatic nitrogens is 3. The fourth-order valence-corrected chi connectivity index (χ4v) is 3.93. The Bertz CT molecular complexity index is 951. The average Bonchev–Trinajstić information content (AvgIpc) is 3.50. The maximum absolute atomic E-state index is 12.9. The zero-order valence-corrected chi connectivity index (χ0v) is 16.4. The van der Waals surface area contributed by atoms with Gasteiger partial charge in [0.05, 0.1) is 5.75 Å². The van der Waals surface area contributed by atoms with Crippen LogP contribution in [0.4, 0.5) is 5.69 Å².